The zero-order valence-corrected chi connectivity index (χ0v) is 10.0. The van der Waals surface area contributed by atoms with E-state index >= 15 is 0 Å². The first kappa shape index (κ1) is 12.2. The van der Waals surface area contributed by atoms with E-state index in [0.29, 0.717) is 6.04 Å². The summed E-state index contributed by atoms with van der Waals surface area (Å²) in [6, 6.07) is 0.557. The SMILES string of the molecule is CCCn1ncnc1CCC(C)NCC. The van der Waals surface area contributed by atoms with Crippen LogP contribution < -0.4 is 5.32 Å². The third-order valence-electron chi connectivity index (χ3n) is 2.48. The Morgan fingerprint density at radius 1 is 1.47 bits per heavy atom. The van der Waals surface area contributed by atoms with Crippen LogP contribution in [0.3, 0.4) is 0 Å². The predicted molar refractivity (Wildman–Crippen MR) is 61.8 cm³/mol. The molecule has 0 amide bonds. The van der Waals surface area contributed by atoms with Crippen LogP contribution in [0, 0.1) is 0 Å². The van der Waals surface area contributed by atoms with E-state index in [2.05, 4.69) is 36.2 Å². The summed E-state index contributed by atoms with van der Waals surface area (Å²) in [4.78, 5) is 4.29. The van der Waals surface area contributed by atoms with Gasteiger partial charge in [-0.2, -0.15) is 5.10 Å². The number of aryl methyl sites for hydroxylation is 2. The first-order chi connectivity index (χ1) is 7.27. The molecule has 1 N–H and O–H groups in total. The van der Waals surface area contributed by atoms with Gasteiger partial charge in [0, 0.05) is 19.0 Å². The molecule has 0 saturated carbocycles. The molecule has 0 bridgehead atoms. The first-order valence-electron chi connectivity index (χ1n) is 5.88. The van der Waals surface area contributed by atoms with E-state index < -0.39 is 0 Å². The first-order valence-corrected chi connectivity index (χ1v) is 5.88. The minimum absolute atomic E-state index is 0.557. The van der Waals surface area contributed by atoms with Crippen LogP contribution in [0.2, 0.25) is 0 Å². The Balaban J connectivity index is 2.39. The topological polar surface area (TPSA) is 42.7 Å². The Hall–Kier alpha value is -0.900. The second kappa shape index (κ2) is 6.56. The smallest absolute Gasteiger partial charge is 0.138 e. The average molecular weight is 210 g/mol. The fraction of sp³-hybridized carbons (Fsp3) is 0.818. The average Bonchev–Trinajstić information content (AvgIpc) is 2.64. The van der Waals surface area contributed by atoms with Crippen LogP contribution in [0.15, 0.2) is 6.33 Å². The summed E-state index contributed by atoms with van der Waals surface area (Å²) in [6.45, 7) is 8.51. The number of rotatable bonds is 7. The van der Waals surface area contributed by atoms with E-state index in [1.54, 1.807) is 6.33 Å². The molecule has 0 radical (unpaired) electrons. The highest BCUT2D eigenvalue weighted by atomic mass is 15.3. The lowest BCUT2D eigenvalue weighted by Gasteiger charge is -2.11. The molecule has 1 rings (SSSR count). The predicted octanol–water partition coefficient (Wildman–Crippen LogP) is 1.62. The number of nitrogens with zero attached hydrogens (tertiary/aromatic N) is 3. The molecular formula is C11H22N4. The van der Waals surface area contributed by atoms with E-state index in [9.17, 15) is 0 Å². The lowest BCUT2D eigenvalue weighted by Crippen LogP contribution is -2.26. The van der Waals surface area contributed by atoms with Crippen LogP contribution in [0.4, 0.5) is 0 Å². The molecule has 0 aliphatic heterocycles. The molecule has 0 aromatic carbocycles. The van der Waals surface area contributed by atoms with Crippen molar-refractivity contribution < 1.29 is 0 Å². The van der Waals surface area contributed by atoms with Crippen LogP contribution >= 0.6 is 0 Å². The summed E-state index contributed by atoms with van der Waals surface area (Å²) < 4.78 is 2.01. The second-order valence-corrected chi connectivity index (χ2v) is 3.90. The molecule has 1 aromatic heterocycles. The van der Waals surface area contributed by atoms with E-state index in [1.807, 2.05) is 4.68 Å². The molecule has 86 valence electrons. The molecule has 1 aromatic rings. The maximum absolute atomic E-state index is 4.29. The minimum Gasteiger partial charge on any atom is -0.315 e. The van der Waals surface area contributed by atoms with Gasteiger partial charge < -0.3 is 5.32 Å². The third kappa shape index (κ3) is 4.00. The lowest BCUT2D eigenvalue weighted by atomic mass is 10.2. The van der Waals surface area contributed by atoms with Crippen molar-refractivity contribution in [2.45, 2.75) is 52.6 Å². The molecule has 4 heteroatoms. The van der Waals surface area contributed by atoms with Gasteiger partial charge in [-0.25, -0.2) is 4.98 Å². The van der Waals surface area contributed by atoms with Crippen LogP contribution in [0.5, 0.6) is 0 Å². The summed E-state index contributed by atoms with van der Waals surface area (Å²) in [5.41, 5.74) is 0. The molecule has 4 nitrogen and oxygen atoms in total. The summed E-state index contributed by atoms with van der Waals surface area (Å²) in [7, 11) is 0. The Bertz CT molecular complexity index is 269. The third-order valence-corrected chi connectivity index (χ3v) is 2.48. The zero-order chi connectivity index (χ0) is 11.1. The fourth-order valence-electron chi connectivity index (χ4n) is 1.68. The van der Waals surface area contributed by atoms with Crippen molar-refractivity contribution in [3.8, 4) is 0 Å². The summed E-state index contributed by atoms with van der Waals surface area (Å²) >= 11 is 0. The maximum Gasteiger partial charge on any atom is 0.138 e. The number of hydrogen-bond acceptors (Lipinski definition) is 3. The molecule has 1 atom stereocenters. The van der Waals surface area contributed by atoms with Crippen molar-refractivity contribution in [2.75, 3.05) is 6.54 Å². The number of nitrogens with one attached hydrogen (secondary N) is 1. The van der Waals surface area contributed by atoms with Crippen molar-refractivity contribution >= 4 is 0 Å². The zero-order valence-electron chi connectivity index (χ0n) is 10.0. The van der Waals surface area contributed by atoms with Gasteiger partial charge in [0.15, 0.2) is 0 Å². The van der Waals surface area contributed by atoms with Gasteiger partial charge in [0.05, 0.1) is 0 Å². The van der Waals surface area contributed by atoms with E-state index in [1.165, 1.54) is 0 Å². The quantitative estimate of drug-likeness (QED) is 0.743. The van der Waals surface area contributed by atoms with Crippen molar-refractivity contribution in [3.05, 3.63) is 12.2 Å². The van der Waals surface area contributed by atoms with Crippen molar-refractivity contribution in [3.63, 3.8) is 0 Å². The van der Waals surface area contributed by atoms with Gasteiger partial charge in [-0.05, 0) is 26.3 Å². The Labute approximate surface area is 92.1 Å². The highest BCUT2D eigenvalue weighted by molar-refractivity contribution is 4.85. The molecule has 0 saturated heterocycles. The molecule has 15 heavy (non-hydrogen) atoms. The van der Waals surface area contributed by atoms with Gasteiger partial charge in [-0.3, -0.25) is 4.68 Å². The van der Waals surface area contributed by atoms with Gasteiger partial charge in [0.1, 0.15) is 12.2 Å². The van der Waals surface area contributed by atoms with E-state index in [4.69, 9.17) is 0 Å². The van der Waals surface area contributed by atoms with Crippen LogP contribution in [-0.2, 0) is 13.0 Å². The van der Waals surface area contributed by atoms with Crippen LogP contribution in [0.25, 0.3) is 0 Å². The standard InChI is InChI=1S/C11H22N4/c1-4-8-15-11(13-9-14-15)7-6-10(3)12-5-2/h9-10,12H,4-8H2,1-3H3. The molecule has 0 aliphatic carbocycles. The van der Waals surface area contributed by atoms with Gasteiger partial charge in [0.2, 0.25) is 0 Å². The molecule has 1 unspecified atom stereocenters. The normalized spacial score (nSPS) is 13.0. The lowest BCUT2D eigenvalue weighted by molar-refractivity contribution is 0.502. The van der Waals surface area contributed by atoms with Gasteiger partial charge in [0.25, 0.3) is 0 Å². The fourth-order valence-corrected chi connectivity index (χ4v) is 1.68. The Morgan fingerprint density at radius 3 is 2.93 bits per heavy atom. The van der Waals surface area contributed by atoms with E-state index in [0.717, 1.165) is 38.2 Å². The van der Waals surface area contributed by atoms with Gasteiger partial charge >= 0.3 is 0 Å². The van der Waals surface area contributed by atoms with Gasteiger partial charge in [-0.1, -0.05) is 13.8 Å². The largest absolute Gasteiger partial charge is 0.315 e. The van der Waals surface area contributed by atoms with Crippen LogP contribution in [0.1, 0.15) is 39.4 Å². The summed E-state index contributed by atoms with van der Waals surface area (Å²) in [5, 5.41) is 7.62. The van der Waals surface area contributed by atoms with Crippen molar-refractivity contribution in [1.82, 2.24) is 20.1 Å². The van der Waals surface area contributed by atoms with Crippen molar-refractivity contribution in [2.24, 2.45) is 0 Å². The monoisotopic (exact) mass is 210 g/mol. The summed E-state index contributed by atoms with van der Waals surface area (Å²) in [5.74, 6) is 1.11. The highest BCUT2D eigenvalue weighted by Gasteiger charge is 2.06. The van der Waals surface area contributed by atoms with Gasteiger partial charge in [-0.15, -0.1) is 0 Å². The summed E-state index contributed by atoms with van der Waals surface area (Å²) in [6.07, 6.45) is 4.90. The molecule has 0 spiro atoms. The molecular weight excluding hydrogens is 188 g/mol. The number of hydrogen-bond donors (Lipinski definition) is 1. The Kier molecular flexibility index (Phi) is 5.32. The van der Waals surface area contributed by atoms with E-state index in [-0.39, 0.29) is 0 Å². The number of aromatic nitrogens is 3. The minimum atomic E-state index is 0.557. The Morgan fingerprint density at radius 2 is 2.27 bits per heavy atom. The molecule has 0 fully saturated rings. The van der Waals surface area contributed by atoms with Crippen LogP contribution in [-0.4, -0.2) is 27.4 Å². The van der Waals surface area contributed by atoms with Crippen molar-refractivity contribution in [1.29, 1.82) is 0 Å². The maximum atomic E-state index is 4.29. The highest BCUT2D eigenvalue weighted by Crippen LogP contribution is 2.02. The molecule has 1 heterocycles. The molecule has 0 aliphatic rings. The second-order valence-electron chi connectivity index (χ2n) is 3.90.